The average molecular weight is 292 g/mol. The van der Waals surface area contributed by atoms with E-state index in [1.165, 1.54) is 5.56 Å². The maximum Gasteiger partial charge on any atom is 0.298 e. The van der Waals surface area contributed by atoms with Crippen LogP contribution in [-0.2, 0) is 9.22 Å². The van der Waals surface area contributed by atoms with Gasteiger partial charge in [-0.25, -0.2) is 0 Å². The Bertz CT molecular complexity index is 397. The van der Waals surface area contributed by atoms with E-state index < -0.39 is 0 Å². The van der Waals surface area contributed by atoms with Crippen LogP contribution in [0.2, 0.25) is 0 Å². The second-order valence-electron chi connectivity index (χ2n) is 5.52. The summed E-state index contributed by atoms with van der Waals surface area (Å²) in [5.74, 6) is 0.272. The highest BCUT2D eigenvalue weighted by atomic mass is 28.2. The molecule has 1 atom stereocenters. The average Bonchev–Trinajstić information content (AvgIpc) is 2.48. The van der Waals surface area contributed by atoms with Crippen LogP contribution in [0.15, 0.2) is 30.3 Å². The van der Waals surface area contributed by atoms with Crippen molar-refractivity contribution >= 4 is 16.5 Å². The van der Waals surface area contributed by atoms with Crippen LogP contribution in [0, 0.1) is 5.41 Å². The zero-order valence-corrected chi connectivity index (χ0v) is 15.3. The highest BCUT2D eigenvalue weighted by molar-refractivity contribution is 6.06. The van der Waals surface area contributed by atoms with E-state index in [1.807, 2.05) is 6.07 Å². The van der Waals surface area contributed by atoms with Gasteiger partial charge in [-0.2, -0.15) is 0 Å². The molecule has 0 heterocycles. The van der Waals surface area contributed by atoms with Crippen molar-refractivity contribution in [1.82, 2.24) is 0 Å². The number of carbonyl (C=O) groups excluding carboxylic acids is 1. The highest BCUT2D eigenvalue weighted by Gasteiger charge is 2.44. The van der Waals surface area contributed by atoms with Gasteiger partial charge in [0.15, 0.2) is 0 Å². The molecule has 1 rings (SSSR count). The Hall–Kier alpha value is -1.09. The molecule has 1 aromatic carbocycles. The molecule has 0 saturated heterocycles. The summed E-state index contributed by atoms with van der Waals surface area (Å²) in [7, 11) is 0.479. The lowest BCUT2D eigenvalue weighted by Crippen LogP contribution is -2.38. The van der Waals surface area contributed by atoms with Gasteiger partial charge in [0.2, 0.25) is 10.5 Å². The minimum Gasteiger partial charge on any atom is -0.528 e. The minimum absolute atomic E-state index is 0.0172. The lowest BCUT2D eigenvalue weighted by atomic mass is 9.65. The summed E-state index contributed by atoms with van der Waals surface area (Å²) in [6.45, 7) is 6.49. The fourth-order valence-electron chi connectivity index (χ4n) is 3.55. The van der Waals surface area contributed by atoms with E-state index in [2.05, 4.69) is 45.0 Å². The second kappa shape index (κ2) is 8.25. The van der Waals surface area contributed by atoms with E-state index in [0.29, 0.717) is 10.5 Å². The first kappa shape index (κ1) is 17.0. The van der Waals surface area contributed by atoms with E-state index in [4.69, 9.17) is 4.43 Å². The van der Waals surface area contributed by atoms with E-state index in [9.17, 15) is 4.79 Å². The number of carbonyl (C=O) groups is 1. The maximum atomic E-state index is 12.6. The maximum absolute atomic E-state index is 12.6. The standard InChI is InChI=1S/C17H28O2Si/c1-4-12-17(13-5-2,16(18)19-20)15(6-3)14-10-8-7-9-11-14/h7-11,15H,4-6,12-13H2,1-3,20H3. The van der Waals surface area contributed by atoms with Gasteiger partial charge in [-0.3, -0.25) is 4.79 Å². The van der Waals surface area contributed by atoms with Gasteiger partial charge < -0.3 is 4.43 Å². The van der Waals surface area contributed by atoms with Gasteiger partial charge in [-0.1, -0.05) is 63.9 Å². The smallest absolute Gasteiger partial charge is 0.298 e. The summed E-state index contributed by atoms with van der Waals surface area (Å²) < 4.78 is 5.33. The van der Waals surface area contributed by atoms with Crippen molar-refractivity contribution in [1.29, 1.82) is 0 Å². The van der Waals surface area contributed by atoms with Crippen molar-refractivity contribution in [2.75, 3.05) is 0 Å². The van der Waals surface area contributed by atoms with Crippen LogP contribution in [0.4, 0.5) is 0 Å². The Balaban J connectivity index is 3.27. The Kier molecular flexibility index (Phi) is 7.00. The van der Waals surface area contributed by atoms with Gasteiger partial charge in [-0.15, -0.1) is 0 Å². The molecule has 0 spiro atoms. The third-order valence-corrected chi connectivity index (χ3v) is 4.63. The predicted molar refractivity (Wildman–Crippen MR) is 87.8 cm³/mol. The Morgan fingerprint density at radius 1 is 1.15 bits per heavy atom. The molecule has 0 fully saturated rings. The van der Waals surface area contributed by atoms with Gasteiger partial charge >= 0.3 is 0 Å². The van der Waals surface area contributed by atoms with E-state index in [-0.39, 0.29) is 17.3 Å². The van der Waals surface area contributed by atoms with Crippen LogP contribution in [-0.4, -0.2) is 16.5 Å². The molecule has 3 heteroatoms. The molecule has 0 radical (unpaired) electrons. The van der Waals surface area contributed by atoms with Crippen LogP contribution in [0.1, 0.15) is 64.4 Å². The molecule has 0 amide bonds. The molecule has 1 aromatic rings. The summed E-state index contributed by atoms with van der Waals surface area (Å²) >= 11 is 0. The van der Waals surface area contributed by atoms with Crippen LogP contribution in [0.25, 0.3) is 0 Å². The van der Waals surface area contributed by atoms with Gasteiger partial charge in [0, 0.05) is 0 Å². The molecule has 0 aliphatic carbocycles. The monoisotopic (exact) mass is 292 g/mol. The van der Waals surface area contributed by atoms with Crippen LogP contribution >= 0.6 is 0 Å². The third-order valence-electron chi connectivity index (χ3n) is 4.26. The van der Waals surface area contributed by atoms with Crippen molar-refractivity contribution in [3.8, 4) is 0 Å². The van der Waals surface area contributed by atoms with Gasteiger partial charge in [0.1, 0.15) is 0 Å². The molecule has 2 nitrogen and oxygen atoms in total. The SMILES string of the molecule is CCCC(CCC)(C(=O)O[SiH3])C(CC)c1ccccc1. The third kappa shape index (κ3) is 3.51. The first-order valence-corrected chi connectivity index (χ1v) is 8.61. The van der Waals surface area contributed by atoms with Crippen LogP contribution < -0.4 is 0 Å². The molecule has 112 valence electrons. The first-order valence-electron chi connectivity index (χ1n) is 7.79. The molecule has 20 heavy (non-hydrogen) atoms. The zero-order valence-electron chi connectivity index (χ0n) is 13.3. The number of rotatable bonds is 8. The van der Waals surface area contributed by atoms with E-state index in [0.717, 1.165) is 32.1 Å². The molecule has 0 aromatic heterocycles. The Morgan fingerprint density at radius 2 is 1.70 bits per heavy atom. The number of benzene rings is 1. The fourth-order valence-corrected chi connectivity index (χ4v) is 3.95. The Morgan fingerprint density at radius 3 is 2.10 bits per heavy atom. The van der Waals surface area contributed by atoms with Gasteiger partial charge in [-0.05, 0) is 30.7 Å². The largest absolute Gasteiger partial charge is 0.528 e. The lowest BCUT2D eigenvalue weighted by molar-refractivity contribution is -0.148. The quantitative estimate of drug-likeness (QED) is 0.684. The summed E-state index contributed by atoms with van der Waals surface area (Å²) in [4.78, 5) is 12.6. The lowest BCUT2D eigenvalue weighted by Gasteiger charge is -2.38. The summed E-state index contributed by atoms with van der Waals surface area (Å²) in [5.41, 5.74) is 0.922. The Labute approximate surface area is 126 Å². The molecular weight excluding hydrogens is 264 g/mol. The summed E-state index contributed by atoms with van der Waals surface area (Å²) in [6, 6.07) is 10.4. The van der Waals surface area contributed by atoms with Crippen LogP contribution in [0.3, 0.4) is 0 Å². The van der Waals surface area contributed by atoms with Crippen molar-refractivity contribution in [3.63, 3.8) is 0 Å². The molecule has 0 bridgehead atoms. The normalized spacial score (nSPS) is 13.2. The summed E-state index contributed by atoms with van der Waals surface area (Å²) in [6.07, 6.45) is 4.82. The van der Waals surface area contributed by atoms with E-state index >= 15 is 0 Å². The van der Waals surface area contributed by atoms with Crippen molar-refractivity contribution < 1.29 is 9.22 Å². The zero-order chi connectivity index (χ0) is 15.0. The molecule has 0 aliphatic rings. The highest BCUT2D eigenvalue weighted by Crippen LogP contribution is 2.46. The van der Waals surface area contributed by atoms with Gasteiger partial charge in [0.25, 0.3) is 5.97 Å². The molecular formula is C17H28O2Si. The minimum atomic E-state index is -0.346. The van der Waals surface area contributed by atoms with Crippen LogP contribution in [0.5, 0.6) is 0 Å². The number of hydrogen-bond acceptors (Lipinski definition) is 2. The molecule has 0 saturated carbocycles. The molecule has 1 unspecified atom stereocenters. The van der Waals surface area contributed by atoms with E-state index in [1.54, 1.807) is 0 Å². The van der Waals surface area contributed by atoms with Crippen molar-refractivity contribution in [3.05, 3.63) is 35.9 Å². The second-order valence-corrected chi connectivity index (χ2v) is 5.93. The summed E-state index contributed by atoms with van der Waals surface area (Å²) in [5, 5.41) is 0. The van der Waals surface area contributed by atoms with Gasteiger partial charge in [0.05, 0.1) is 5.41 Å². The fraction of sp³-hybridized carbons (Fsp3) is 0.588. The van der Waals surface area contributed by atoms with Crippen molar-refractivity contribution in [2.24, 2.45) is 5.41 Å². The molecule has 0 N–H and O–H groups in total. The topological polar surface area (TPSA) is 26.3 Å². The first-order chi connectivity index (χ1) is 9.66. The predicted octanol–water partition coefficient (Wildman–Crippen LogP) is 3.59. The number of hydrogen-bond donors (Lipinski definition) is 0. The molecule has 0 aliphatic heterocycles. The van der Waals surface area contributed by atoms with Crippen molar-refractivity contribution in [2.45, 2.75) is 58.8 Å².